The first-order valence-corrected chi connectivity index (χ1v) is 6.06. The molecule has 5 nitrogen and oxygen atoms in total. The number of nitrogens with one attached hydrogen (secondary N) is 2. The Morgan fingerprint density at radius 3 is 2.94 bits per heavy atom. The van der Waals surface area contributed by atoms with Gasteiger partial charge in [-0.1, -0.05) is 30.3 Å². The summed E-state index contributed by atoms with van der Waals surface area (Å²) in [6, 6.07) is 10.2. The molecule has 1 unspecified atom stereocenters. The van der Waals surface area contributed by atoms with Crippen LogP contribution in [0.1, 0.15) is 24.8 Å². The van der Waals surface area contributed by atoms with Gasteiger partial charge in [0.2, 0.25) is 0 Å². The van der Waals surface area contributed by atoms with Crippen molar-refractivity contribution in [1.82, 2.24) is 10.9 Å². The number of hydrogen-bond donors (Lipinski definition) is 2. The van der Waals surface area contributed by atoms with Gasteiger partial charge in [0.25, 0.3) is 0 Å². The van der Waals surface area contributed by atoms with Gasteiger partial charge in [-0.2, -0.15) is 0 Å². The van der Waals surface area contributed by atoms with Gasteiger partial charge in [-0.15, -0.1) is 0 Å². The highest BCUT2D eigenvalue weighted by molar-refractivity contribution is 5.86. The summed E-state index contributed by atoms with van der Waals surface area (Å²) in [5.41, 5.74) is 6.52. The van der Waals surface area contributed by atoms with Crippen LogP contribution in [0, 0.1) is 0 Å². The molecule has 0 spiro atoms. The molecule has 0 aliphatic carbocycles. The number of rotatable bonds is 2. The van der Waals surface area contributed by atoms with E-state index in [0.717, 1.165) is 18.8 Å². The van der Waals surface area contributed by atoms with Crippen LogP contribution in [0.5, 0.6) is 0 Å². The lowest BCUT2D eigenvalue weighted by atomic mass is 9.98. The van der Waals surface area contributed by atoms with Gasteiger partial charge in [-0.05, 0) is 12.5 Å². The maximum absolute atomic E-state index is 11.1. The minimum atomic E-state index is -0.483. The zero-order valence-corrected chi connectivity index (χ0v) is 10.3. The van der Waals surface area contributed by atoms with Crippen LogP contribution in [0.15, 0.2) is 35.3 Å². The zero-order chi connectivity index (χ0) is 12.8. The molecular formula is C13H17N3O2. The van der Waals surface area contributed by atoms with Crippen LogP contribution in [-0.2, 0) is 4.74 Å². The zero-order valence-electron chi connectivity index (χ0n) is 10.3. The first kappa shape index (κ1) is 12.4. The van der Waals surface area contributed by atoms with Gasteiger partial charge in [0, 0.05) is 18.9 Å². The third-order valence-electron chi connectivity index (χ3n) is 2.80. The number of amides is 1. The van der Waals surface area contributed by atoms with E-state index in [4.69, 9.17) is 4.74 Å². The number of carbonyl (C=O) groups excluding carboxylic acids is 1. The molecule has 18 heavy (non-hydrogen) atoms. The number of hydrogen-bond acceptors (Lipinski definition) is 4. The van der Waals surface area contributed by atoms with Gasteiger partial charge in [-0.25, -0.2) is 10.2 Å². The molecule has 0 fully saturated rings. The second-order valence-corrected chi connectivity index (χ2v) is 4.07. The molecule has 1 heterocycles. The highest BCUT2D eigenvalue weighted by Gasteiger charge is 2.20. The molecule has 1 aliphatic heterocycles. The Kier molecular flexibility index (Phi) is 4.17. The molecule has 0 bridgehead atoms. The third kappa shape index (κ3) is 3.23. The predicted octanol–water partition coefficient (Wildman–Crippen LogP) is 1.82. The Hall–Kier alpha value is -2.04. The van der Waals surface area contributed by atoms with Crippen LogP contribution in [0.25, 0.3) is 0 Å². The van der Waals surface area contributed by atoms with Crippen molar-refractivity contribution in [3.63, 3.8) is 0 Å². The van der Waals surface area contributed by atoms with Crippen molar-refractivity contribution in [1.29, 1.82) is 0 Å². The summed E-state index contributed by atoms with van der Waals surface area (Å²) in [7, 11) is 0. The topological polar surface area (TPSA) is 62.7 Å². The van der Waals surface area contributed by atoms with Crippen LogP contribution in [0.4, 0.5) is 4.79 Å². The fraction of sp³-hybridized carbons (Fsp3) is 0.385. The molecule has 1 aliphatic rings. The smallest absolute Gasteiger partial charge is 0.425 e. The summed E-state index contributed by atoms with van der Waals surface area (Å²) in [5, 5.41) is 0. The number of ether oxygens (including phenoxy) is 1. The lowest BCUT2D eigenvalue weighted by Crippen LogP contribution is -2.41. The van der Waals surface area contributed by atoms with E-state index in [1.807, 2.05) is 18.2 Å². The lowest BCUT2D eigenvalue weighted by Gasteiger charge is -2.10. The standard InChI is InChI=1S/C13H17N3O2/c1-2-18-13(17)16-15-12-8-11(9-14-12)10-6-4-3-5-7-10/h3-7,11H,2,8-9H2,1H3,(H,14,15)(H,16,17). The minimum Gasteiger partial charge on any atom is -0.449 e. The Bertz CT molecular complexity index is 431. The number of nitrogens with zero attached hydrogens (tertiary/aromatic N) is 1. The largest absolute Gasteiger partial charge is 0.449 e. The molecule has 5 heteroatoms. The average molecular weight is 247 g/mol. The summed E-state index contributed by atoms with van der Waals surface area (Å²) >= 11 is 0. The van der Waals surface area contributed by atoms with Gasteiger partial charge in [0.05, 0.1) is 6.61 Å². The second kappa shape index (κ2) is 6.05. The van der Waals surface area contributed by atoms with E-state index in [1.54, 1.807) is 6.92 Å². The molecule has 2 N–H and O–H groups in total. The quantitative estimate of drug-likeness (QED) is 0.784. The minimum absolute atomic E-state index is 0.354. The molecule has 0 radical (unpaired) electrons. The summed E-state index contributed by atoms with van der Waals surface area (Å²) in [5.74, 6) is 1.18. The number of benzene rings is 1. The summed E-state index contributed by atoms with van der Waals surface area (Å²) in [4.78, 5) is 15.5. The Labute approximate surface area is 106 Å². The number of hydrazine groups is 1. The van der Waals surface area contributed by atoms with Crippen molar-refractivity contribution in [2.24, 2.45) is 4.99 Å². The molecule has 0 saturated heterocycles. The van der Waals surface area contributed by atoms with Crippen LogP contribution >= 0.6 is 0 Å². The van der Waals surface area contributed by atoms with Crippen molar-refractivity contribution in [3.8, 4) is 0 Å². The normalized spacial score (nSPS) is 18.1. The van der Waals surface area contributed by atoms with Crippen molar-refractivity contribution in [2.75, 3.05) is 13.2 Å². The van der Waals surface area contributed by atoms with Crippen molar-refractivity contribution in [2.45, 2.75) is 19.3 Å². The van der Waals surface area contributed by atoms with E-state index in [1.165, 1.54) is 5.56 Å². The maximum atomic E-state index is 11.1. The van der Waals surface area contributed by atoms with E-state index in [9.17, 15) is 4.79 Å². The molecule has 1 aromatic rings. The van der Waals surface area contributed by atoms with E-state index in [-0.39, 0.29) is 0 Å². The fourth-order valence-electron chi connectivity index (χ4n) is 1.91. The summed E-state index contributed by atoms with van der Waals surface area (Å²) < 4.78 is 4.75. The lowest BCUT2D eigenvalue weighted by molar-refractivity contribution is 0.150. The van der Waals surface area contributed by atoms with Crippen LogP contribution in [-0.4, -0.2) is 25.1 Å². The molecule has 1 aromatic carbocycles. The van der Waals surface area contributed by atoms with Gasteiger partial charge >= 0.3 is 6.09 Å². The highest BCUT2D eigenvalue weighted by atomic mass is 16.5. The first-order valence-electron chi connectivity index (χ1n) is 6.06. The summed E-state index contributed by atoms with van der Waals surface area (Å²) in [6.07, 6.45) is 0.319. The van der Waals surface area contributed by atoms with Crippen molar-refractivity contribution < 1.29 is 9.53 Å². The molecule has 0 aromatic heterocycles. The van der Waals surface area contributed by atoms with Crippen LogP contribution in [0.2, 0.25) is 0 Å². The molecule has 96 valence electrons. The molecular weight excluding hydrogens is 230 g/mol. The molecule has 2 rings (SSSR count). The van der Waals surface area contributed by atoms with Crippen molar-refractivity contribution >= 4 is 11.9 Å². The number of amidine groups is 1. The van der Waals surface area contributed by atoms with E-state index in [2.05, 4.69) is 28.0 Å². The molecule has 1 atom stereocenters. The van der Waals surface area contributed by atoms with Gasteiger partial charge in [-0.3, -0.25) is 10.4 Å². The first-order chi connectivity index (χ1) is 8.79. The maximum Gasteiger partial charge on any atom is 0.425 e. The van der Waals surface area contributed by atoms with Crippen LogP contribution < -0.4 is 10.9 Å². The van der Waals surface area contributed by atoms with Crippen LogP contribution in [0.3, 0.4) is 0 Å². The Morgan fingerprint density at radius 1 is 1.44 bits per heavy atom. The third-order valence-corrected chi connectivity index (χ3v) is 2.80. The Balaban J connectivity index is 1.80. The highest BCUT2D eigenvalue weighted by Crippen LogP contribution is 2.24. The second-order valence-electron chi connectivity index (χ2n) is 4.07. The van der Waals surface area contributed by atoms with Gasteiger partial charge < -0.3 is 4.74 Å². The Morgan fingerprint density at radius 2 is 2.22 bits per heavy atom. The van der Waals surface area contributed by atoms with E-state index in [0.29, 0.717) is 12.5 Å². The number of carbonyl (C=O) groups is 1. The molecule has 0 saturated carbocycles. The fourth-order valence-corrected chi connectivity index (χ4v) is 1.91. The van der Waals surface area contributed by atoms with Gasteiger partial charge in [0.15, 0.2) is 0 Å². The SMILES string of the molecule is CCOC(=O)NNC1=NCC(c2ccccc2)C1. The van der Waals surface area contributed by atoms with E-state index < -0.39 is 6.09 Å². The predicted molar refractivity (Wildman–Crippen MR) is 69.4 cm³/mol. The van der Waals surface area contributed by atoms with Crippen molar-refractivity contribution in [3.05, 3.63) is 35.9 Å². The monoisotopic (exact) mass is 247 g/mol. The average Bonchev–Trinajstić information content (AvgIpc) is 2.87. The van der Waals surface area contributed by atoms with E-state index >= 15 is 0 Å². The molecule has 1 amide bonds. The number of aliphatic imine (C=N–C) groups is 1. The summed E-state index contributed by atoms with van der Waals surface area (Å²) in [6.45, 7) is 2.86. The van der Waals surface area contributed by atoms with Gasteiger partial charge in [0.1, 0.15) is 5.84 Å².